The molecule has 1 N–H and O–H groups in total. The number of hydrogen-bond donors (Lipinski definition) is 2. The van der Waals surface area contributed by atoms with Crippen molar-refractivity contribution in [2.45, 2.75) is 13.0 Å². The fourth-order valence-electron chi connectivity index (χ4n) is 0.957. The molecule has 1 atom stereocenters. The summed E-state index contributed by atoms with van der Waals surface area (Å²) in [5, 5.41) is 9.21. The normalized spacial score (nSPS) is 12.5. The lowest BCUT2D eigenvalue weighted by molar-refractivity contribution is 0.126. The largest absolute Gasteiger partial charge is 0.491 e. The van der Waals surface area contributed by atoms with Crippen LogP contribution >= 0.6 is 12.6 Å². The molecule has 0 amide bonds. The van der Waals surface area contributed by atoms with Gasteiger partial charge in [-0.15, -0.1) is 0 Å². The second kappa shape index (κ2) is 5.14. The molecule has 1 aromatic rings. The summed E-state index contributed by atoms with van der Waals surface area (Å²) in [4.78, 5) is 0. The van der Waals surface area contributed by atoms with E-state index in [9.17, 15) is 5.11 Å². The van der Waals surface area contributed by atoms with E-state index < -0.39 is 6.10 Å². The van der Waals surface area contributed by atoms with Crippen molar-refractivity contribution in [2.75, 3.05) is 12.4 Å². The molecule has 0 saturated heterocycles. The van der Waals surface area contributed by atoms with E-state index in [0.29, 0.717) is 12.4 Å². The molecule has 1 unspecified atom stereocenters. The van der Waals surface area contributed by atoms with Crippen molar-refractivity contribution in [1.82, 2.24) is 0 Å². The molecular formula is C10H14O2S. The molecule has 0 radical (unpaired) electrons. The Morgan fingerprint density at radius 2 is 2.15 bits per heavy atom. The summed E-state index contributed by atoms with van der Waals surface area (Å²) in [7, 11) is 0. The maximum atomic E-state index is 9.21. The predicted octanol–water partition coefficient (Wildman–Crippen LogP) is 1.66. The molecule has 72 valence electrons. The molecule has 13 heavy (non-hydrogen) atoms. The monoisotopic (exact) mass is 198 g/mol. The fourth-order valence-corrected chi connectivity index (χ4v) is 1.06. The highest BCUT2D eigenvalue weighted by Crippen LogP contribution is 2.16. The Balaban J connectivity index is 2.50. The molecule has 0 fully saturated rings. The summed E-state index contributed by atoms with van der Waals surface area (Å²) in [5.74, 6) is 1.25. The number of ether oxygens (including phenoxy) is 1. The van der Waals surface area contributed by atoms with Crippen LogP contribution in [0.5, 0.6) is 5.75 Å². The second-order valence-electron chi connectivity index (χ2n) is 2.91. The summed E-state index contributed by atoms with van der Waals surface area (Å²) in [6.07, 6.45) is -0.497. The first-order valence-corrected chi connectivity index (χ1v) is 4.84. The molecule has 0 heterocycles. The number of aryl methyl sites for hydroxylation is 1. The first-order chi connectivity index (χ1) is 6.24. The highest BCUT2D eigenvalue weighted by molar-refractivity contribution is 7.80. The topological polar surface area (TPSA) is 29.5 Å². The summed E-state index contributed by atoms with van der Waals surface area (Å²) >= 11 is 3.96. The Hall–Kier alpha value is -0.670. The third-order valence-corrected chi connectivity index (χ3v) is 2.16. The van der Waals surface area contributed by atoms with Crippen molar-refractivity contribution < 1.29 is 9.84 Å². The second-order valence-corrected chi connectivity index (χ2v) is 3.28. The van der Waals surface area contributed by atoms with E-state index in [4.69, 9.17) is 4.74 Å². The molecule has 0 aromatic heterocycles. The van der Waals surface area contributed by atoms with Crippen LogP contribution in [0.2, 0.25) is 0 Å². The van der Waals surface area contributed by atoms with E-state index in [-0.39, 0.29) is 0 Å². The smallest absolute Gasteiger partial charge is 0.122 e. The van der Waals surface area contributed by atoms with Gasteiger partial charge in [-0.25, -0.2) is 0 Å². The van der Waals surface area contributed by atoms with E-state index in [1.807, 2.05) is 31.2 Å². The van der Waals surface area contributed by atoms with Gasteiger partial charge in [0.1, 0.15) is 12.4 Å². The van der Waals surface area contributed by atoms with Crippen molar-refractivity contribution in [2.24, 2.45) is 0 Å². The number of aliphatic hydroxyl groups is 1. The van der Waals surface area contributed by atoms with Gasteiger partial charge in [0.05, 0.1) is 6.10 Å². The van der Waals surface area contributed by atoms with Gasteiger partial charge in [-0.2, -0.15) is 12.6 Å². The summed E-state index contributed by atoms with van der Waals surface area (Å²) in [5.41, 5.74) is 1.08. The zero-order valence-corrected chi connectivity index (χ0v) is 8.50. The highest BCUT2D eigenvalue weighted by Gasteiger charge is 2.03. The molecule has 1 aromatic carbocycles. The molecular weight excluding hydrogens is 184 g/mol. The van der Waals surface area contributed by atoms with Gasteiger partial charge < -0.3 is 9.84 Å². The predicted molar refractivity (Wildman–Crippen MR) is 56.5 cm³/mol. The molecule has 0 aliphatic heterocycles. The van der Waals surface area contributed by atoms with Crippen LogP contribution in [0.3, 0.4) is 0 Å². The Kier molecular flexibility index (Phi) is 4.12. The van der Waals surface area contributed by atoms with Crippen LogP contribution in [0.15, 0.2) is 24.3 Å². The van der Waals surface area contributed by atoms with Crippen molar-refractivity contribution >= 4 is 12.6 Å². The Labute approximate surface area is 84.0 Å². The molecule has 3 heteroatoms. The summed E-state index contributed by atoms with van der Waals surface area (Å²) < 4.78 is 5.39. The maximum Gasteiger partial charge on any atom is 0.122 e. The lowest BCUT2D eigenvalue weighted by atomic mass is 10.2. The zero-order valence-electron chi connectivity index (χ0n) is 7.60. The van der Waals surface area contributed by atoms with Gasteiger partial charge in [0.15, 0.2) is 0 Å². The minimum atomic E-state index is -0.497. The summed E-state index contributed by atoms with van der Waals surface area (Å²) in [6.45, 7) is 2.27. The number of thiol groups is 1. The lowest BCUT2D eigenvalue weighted by Gasteiger charge is -2.11. The average molecular weight is 198 g/mol. The Morgan fingerprint density at radius 3 is 2.77 bits per heavy atom. The van der Waals surface area contributed by atoms with Crippen LogP contribution in [0.4, 0.5) is 0 Å². The number of aliphatic hydroxyl groups excluding tert-OH is 1. The first-order valence-electron chi connectivity index (χ1n) is 4.21. The van der Waals surface area contributed by atoms with Gasteiger partial charge in [0.2, 0.25) is 0 Å². The van der Waals surface area contributed by atoms with Crippen molar-refractivity contribution in [3.8, 4) is 5.75 Å². The quantitative estimate of drug-likeness (QED) is 0.721. The van der Waals surface area contributed by atoms with Gasteiger partial charge in [-0.05, 0) is 18.6 Å². The van der Waals surface area contributed by atoms with E-state index in [1.165, 1.54) is 0 Å². The summed E-state index contributed by atoms with van der Waals surface area (Å²) in [6, 6.07) is 7.73. The van der Waals surface area contributed by atoms with Gasteiger partial charge in [0.25, 0.3) is 0 Å². The highest BCUT2D eigenvalue weighted by atomic mass is 32.1. The zero-order chi connectivity index (χ0) is 9.68. The minimum Gasteiger partial charge on any atom is -0.491 e. The van der Waals surface area contributed by atoms with Gasteiger partial charge in [-0.1, -0.05) is 18.2 Å². The number of benzene rings is 1. The van der Waals surface area contributed by atoms with E-state index >= 15 is 0 Å². The molecule has 0 aliphatic rings. The molecule has 0 aliphatic carbocycles. The van der Waals surface area contributed by atoms with E-state index in [1.54, 1.807) is 0 Å². The lowest BCUT2D eigenvalue weighted by Crippen LogP contribution is -2.19. The van der Waals surface area contributed by atoms with Gasteiger partial charge in [0, 0.05) is 5.75 Å². The standard InChI is InChI=1S/C10H14O2S/c1-8-4-2-3-5-10(8)12-6-9(11)7-13/h2-5,9,11,13H,6-7H2,1H3. The van der Waals surface area contributed by atoms with Crippen LogP contribution in [-0.4, -0.2) is 23.6 Å². The van der Waals surface area contributed by atoms with Crippen molar-refractivity contribution in [3.05, 3.63) is 29.8 Å². The van der Waals surface area contributed by atoms with Crippen molar-refractivity contribution in [3.63, 3.8) is 0 Å². The molecule has 1 rings (SSSR count). The maximum absolute atomic E-state index is 9.21. The van der Waals surface area contributed by atoms with Gasteiger partial charge >= 0.3 is 0 Å². The Morgan fingerprint density at radius 1 is 1.46 bits per heavy atom. The molecule has 0 saturated carbocycles. The number of rotatable bonds is 4. The number of para-hydroxylation sites is 1. The van der Waals surface area contributed by atoms with Crippen LogP contribution in [0, 0.1) is 6.92 Å². The third-order valence-electron chi connectivity index (χ3n) is 1.74. The first kappa shape index (κ1) is 10.4. The molecule has 0 bridgehead atoms. The minimum absolute atomic E-state index is 0.300. The fraction of sp³-hybridized carbons (Fsp3) is 0.400. The molecule has 0 spiro atoms. The van der Waals surface area contributed by atoms with Crippen LogP contribution in [0.25, 0.3) is 0 Å². The molecule has 2 nitrogen and oxygen atoms in total. The Bertz CT molecular complexity index is 263. The van der Waals surface area contributed by atoms with E-state index in [2.05, 4.69) is 12.6 Å². The van der Waals surface area contributed by atoms with Crippen LogP contribution < -0.4 is 4.74 Å². The van der Waals surface area contributed by atoms with Crippen LogP contribution in [-0.2, 0) is 0 Å². The average Bonchev–Trinajstić information content (AvgIpc) is 2.16. The third kappa shape index (κ3) is 3.28. The number of hydrogen-bond acceptors (Lipinski definition) is 3. The van der Waals surface area contributed by atoms with Gasteiger partial charge in [-0.3, -0.25) is 0 Å². The van der Waals surface area contributed by atoms with Crippen molar-refractivity contribution in [1.29, 1.82) is 0 Å². The van der Waals surface area contributed by atoms with Crippen LogP contribution in [0.1, 0.15) is 5.56 Å². The SMILES string of the molecule is Cc1ccccc1OCC(O)CS. The van der Waals surface area contributed by atoms with E-state index in [0.717, 1.165) is 11.3 Å².